The fourth-order valence-corrected chi connectivity index (χ4v) is 5.37. The van der Waals surface area contributed by atoms with Crippen LogP contribution in [0.3, 0.4) is 0 Å². The molecule has 0 spiro atoms. The lowest BCUT2D eigenvalue weighted by Gasteiger charge is -2.25. The van der Waals surface area contributed by atoms with E-state index >= 15 is 0 Å². The van der Waals surface area contributed by atoms with Crippen LogP contribution in [0.5, 0.6) is 23.1 Å². The van der Waals surface area contributed by atoms with Gasteiger partial charge in [-0.2, -0.15) is 0 Å². The largest absolute Gasteiger partial charge is 0.493 e. The van der Waals surface area contributed by atoms with Gasteiger partial charge in [0, 0.05) is 36.4 Å². The maximum atomic E-state index is 6.07. The van der Waals surface area contributed by atoms with Crippen LogP contribution in [0.15, 0.2) is 55.1 Å². The summed E-state index contributed by atoms with van der Waals surface area (Å²) in [5.74, 6) is 2.61. The number of ether oxygens (including phenoxy) is 7. The van der Waals surface area contributed by atoms with Crippen LogP contribution < -0.4 is 19.9 Å². The monoisotopic (exact) mass is 723 g/mol. The van der Waals surface area contributed by atoms with E-state index in [-0.39, 0.29) is 12.2 Å². The van der Waals surface area contributed by atoms with Crippen molar-refractivity contribution in [2.75, 3.05) is 58.6 Å². The Kier molecular flexibility index (Phi) is 12.3. The summed E-state index contributed by atoms with van der Waals surface area (Å²) in [6.45, 7) is 9.30. The number of fused-ring (bicyclic) bond motifs is 2. The molecule has 0 saturated carbocycles. The molecule has 14 heteroatoms. The van der Waals surface area contributed by atoms with Gasteiger partial charge >= 0.3 is 0 Å². The minimum Gasteiger partial charge on any atom is -0.493 e. The van der Waals surface area contributed by atoms with Crippen LogP contribution in [-0.2, 0) is 18.9 Å². The molecule has 0 atom stereocenters. The molecule has 0 bridgehead atoms. The van der Waals surface area contributed by atoms with Crippen molar-refractivity contribution in [3.63, 3.8) is 0 Å². The molecule has 2 aliphatic heterocycles. The summed E-state index contributed by atoms with van der Waals surface area (Å²) in [5, 5.41) is 2.53. The third-order valence-electron chi connectivity index (χ3n) is 7.98. The molecule has 0 amide bonds. The number of nitrogens with zero attached hydrogens (tertiary/aromatic N) is 4. The van der Waals surface area contributed by atoms with Gasteiger partial charge in [-0.15, -0.1) is 0 Å². The Morgan fingerprint density at radius 1 is 0.700 bits per heavy atom. The number of hydrogen-bond donors (Lipinski definition) is 1. The number of nitrogen functional groups attached to an aromatic ring is 1. The zero-order valence-corrected chi connectivity index (χ0v) is 29.4. The van der Waals surface area contributed by atoms with Gasteiger partial charge in [0.25, 0.3) is 0 Å². The van der Waals surface area contributed by atoms with Crippen molar-refractivity contribution in [3.05, 3.63) is 76.4 Å². The molecule has 50 heavy (non-hydrogen) atoms. The molecule has 0 unspecified atom stereocenters. The molecule has 2 fully saturated rings. The molecule has 2 aliphatic rings. The van der Waals surface area contributed by atoms with E-state index < -0.39 is 0 Å². The minimum atomic E-state index is 0.239. The summed E-state index contributed by atoms with van der Waals surface area (Å²) < 4.78 is 39.0. The van der Waals surface area contributed by atoms with Crippen LogP contribution >= 0.6 is 23.2 Å². The number of rotatable bonds is 14. The average molecular weight is 725 g/mol. The Labute approximate surface area is 300 Å². The number of nitrogens with two attached hydrogens (primary N) is 1. The molecule has 0 aliphatic carbocycles. The smallest absolute Gasteiger partial charge is 0.230 e. The van der Waals surface area contributed by atoms with E-state index in [2.05, 4.69) is 19.9 Å². The quantitative estimate of drug-likeness (QED) is 0.0721. The highest BCUT2D eigenvalue weighted by Crippen LogP contribution is 2.33. The number of anilines is 1. The molecule has 5 aromatic rings. The second kappa shape index (κ2) is 17.3. The van der Waals surface area contributed by atoms with E-state index in [9.17, 15) is 0 Å². The van der Waals surface area contributed by atoms with Crippen molar-refractivity contribution < 1.29 is 33.2 Å². The number of hydrogen-bond acceptors (Lipinski definition) is 12. The summed E-state index contributed by atoms with van der Waals surface area (Å²) in [6, 6.07) is 12.8. The molecule has 264 valence electrons. The molecule has 7 rings (SSSR count). The number of benzene rings is 3. The highest BCUT2D eigenvalue weighted by Gasteiger charge is 2.19. The first-order chi connectivity index (χ1) is 24.3. The number of aromatic nitrogens is 4. The first-order valence-corrected chi connectivity index (χ1v) is 17.1. The van der Waals surface area contributed by atoms with Gasteiger partial charge in [0.15, 0.2) is 0 Å². The molecule has 3 aromatic carbocycles. The Morgan fingerprint density at radius 2 is 1.26 bits per heavy atom. The van der Waals surface area contributed by atoms with Crippen molar-refractivity contribution in [1.82, 2.24) is 19.9 Å². The third kappa shape index (κ3) is 9.39. The molecular formula is C36H39Cl2N5O7. The van der Waals surface area contributed by atoms with E-state index in [1.807, 2.05) is 38.1 Å². The van der Waals surface area contributed by atoms with Crippen LogP contribution in [-0.4, -0.2) is 85.0 Å². The van der Waals surface area contributed by atoms with Crippen LogP contribution in [0.4, 0.5) is 5.69 Å². The first kappa shape index (κ1) is 35.8. The van der Waals surface area contributed by atoms with Gasteiger partial charge in [0.05, 0.1) is 80.0 Å². The van der Waals surface area contributed by atoms with Crippen molar-refractivity contribution in [2.24, 2.45) is 0 Å². The molecule has 0 radical (unpaired) electrons. The minimum absolute atomic E-state index is 0.239. The maximum absolute atomic E-state index is 6.07. The maximum Gasteiger partial charge on any atom is 0.230 e. The van der Waals surface area contributed by atoms with Gasteiger partial charge in [-0.05, 0) is 49.2 Å². The van der Waals surface area contributed by atoms with Gasteiger partial charge in [0.1, 0.15) is 47.3 Å². The number of halogens is 2. The standard InChI is InChI=1S/C21H22ClN3O4.C15H17ClN2O3/c1-13-7-16-19(9-20(13)28-6-2-5-27-15-10-26-11-15)24-12-25-21(16)29-14-3-4-18(23)17(22)8-14;1-10-5-12-13(17-9-18-15(12)16)6-14(10)21-4-2-3-20-11-7-19-8-11/h3-4,7-9,12,15H,2,5-6,10-11,23H2,1H3;5-6,9,11H,2-4,7-8H2,1H3. The SMILES string of the molecule is Cc1cc2c(Cl)ncnc2cc1OCCCOC1COC1.Cc1cc2c(Oc3ccc(N)c(Cl)c3)ncnc2cc1OCCCOC1COC1. The number of aryl methyl sites for hydroxylation is 2. The highest BCUT2D eigenvalue weighted by molar-refractivity contribution is 6.34. The predicted octanol–water partition coefficient (Wildman–Crippen LogP) is 6.93. The van der Waals surface area contributed by atoms with Gasteiger partial charge in [-0.25, -0.2) is 19.9 Å². The van der Waals surface area contributed by atoms with E-state index in [1.165, 1.54) is 12.7 Å². The van der Waals surface area contributed by atoms with Gasteiger partial charge in [-0.3, -0.25) is 0 Å². The zero-order valence-electron chi connectivity index (χ0n) is 27.9. The zero-order chi connectivity index (χ0) is 34.9. The summed E-state index contributed by atoms with van der Waals surface area (Å²) >= 11 is 12.1. The molecule has 4 heterocycles. The second-order valence-electron chi connectivity index (χ2n) is 11.9. The lowest BCUT2D eigenvalue weighted by Crippen LogP contribution is -2.36. The topological polar surface area (TPSA) is 142 Å². The third-order valence-corrected chi connectivity index (χ3v) is 8.61. The average Bonchev–Trinajstić information content (AvgIpc) is 3.06. The predicted molar refractivity (Wildman–Crippen MR) is 191 cm³/mol. The van der Waals surface area contributed by atoms with Gasteiger partial charge < -0.3 is 38.9 Å². The highest BCUT2D eigenvalue weighted by atomic mass is 35.5. The van der Waals surface area contributed by atoms with E-state index in [0.29, 0.717) is 80.3 Å². The lowest BCUT2D eigenvalue weighted by atomic mass is 10.1. The van der Waals surface area contributed by atoms with Gasteiger partial charge in [-0.1, -0.05) is 23.2 Å². The first-order valence-electron chi connectivity index (χ1n) is 16.4. The van der Waals surface area contributed by atoms with Crippen LogP contribution in [0.25, 0.3) is 21.8 Å². The summed E-state index contributed by atoms with van der Waals surface area (Å²) in [6.07, 6.45) is 5.08. The Morgan fingerprint density at radius 3 is 1.82 bits per heavy atom. The van der Waals surface area contributed by atoms with Crippen molar-refractivity contribution >= 4 is 50.7 Å². The molecule has 2 aromatic heterocycles. The molecule has 2 saturated heterocycles. The fraction of sp³-hybridized carbons (Fsp3) is 0.389. The lowest BCUT2D eigenvalue weighted by molar-refractivity contribution is -0.130. The summed E-state index contributed by atoms with van der Waals surface area (Å²) in [4.78, 5) is 16.8. The second-order valence-corrected chi connectivity index (χ2v) is 12.6. The summed E-state index contributed by atoms with van der Waals surface area (Å²) in [5.41, 5.74) is 9.77. The fourth-order valence-electron chi connectivity index (χ4n) is 5.01. The van der Waals surface area contributed by atoms with E-state index in [1.54, 1.807) is 18.2 Å². The van der Waals surface area contributed by atoms with E-state index in [4.69, 9.17) is 62.1 Å². The van der Waals surface area contributed by atoms with Crippen molar-refractivity contribution in [1.29, 1.82) is 0 Å². The van der Waals surface area contributed by atoms with E-state index in [0.717, 1.165) is 57.3 Å². The molecular weight excluding hydrogens is 685 g/mol. The Balaban J connectivity index is 0.000000182. The van der Waals surface area contributed by atoms with Crippen LogP contribution in [0, 0.1) is 13.8 Å². The van der Waals surface area contributed by atoms with Crippen molar-refractivity contribution in [3.8, 4) is 23.1 Å². The normalized spacial score (nSPS) is 14.5. The summed E-state index contributed by atoms with van der Waals surface area (Å²) in [7, 11) is 0. The Hall–Kier alpha value is -4.04. The molecule has 12 nitrogen and oxygen atoms in total. The van der Waals surface area contributed by atoms with Crippen LogP contribution in [0.1, 0.15) is 24.0 Å². The van der Waals surface area contributed by atoms with Crippen molar-refractivity contribution in [2.45, 2.75) is 38.9 Å². The Bertz CT molecular complexity index is 1910. The van der Waals surface area contributed by atoms with Crippen LogP contribution in [0.2, 0.25) is 10.2 Å². The van der Waals surface area contributed by atoms with Gasteiger partial charge in [0.2, 0.25) is 5.88 Å². The molecule has 2 N–H and O–H groups in total.